The van der Waals surface area contributed by atoms with E-state index in [1.54, 1.807) is 0 Å². The lowest BCUT2D eigenvalue weighted by Gasteiger charge is -2.72. The number of hydrogen-bond acceptors (Lipinski definition) is 19. The van der Waals surface area contributed by atoms with Gasteiger partial charge in [0.25, 0.3) is 0 Å². The zero-order chi connectivity index (χ0) is 50.0. The monoisotopic (exact) mass is 975 g/mol. The quantitative estimate of drug-likeness (QED) is 0.0889. The van der Waals surface area contributed by atoms with Gasteiger partial charge in [0.2, 0.25) is 0 Å². The van der Waals surface area contributed by atoms with Crippen molar-refractivity contribution in [1.29, 1.82) is 0 Å². The van der Waals surface area contributed by atoms with Crippen LogP contribution in [0.1, 0.15) is 99.8 Å². The molecule has 7 fully saturated rings. The van der Waals surface area contributed by atoms with Crippen molar-refractivity contribution in [1.82, 2.24) is 0 Å². The molecule has 8 rings (SSSR count). The Bertz CT molecular complexity index is 1880. The zero-order valence-corrected chi connectivity index (χ0v) is 40.2. The van der Waals surface area contributed by atoms with Crippen LogP contribution in [0.3, 0.4) is 0 Å². The second-order valence-corrected chi connectivity index (χ2v) is 23.4. The van der Waals surface area contributed by atoms with Crippen molar-refractivity contribution in [3.8, 4) is 0 Å². The molecule has 0 aromatic carbocycles. The summed E-state index contributed by atoms with van der Waals surface area (Å²) < 4.78 is 36.1. The van der Waals surface area contributed by atoms with E-state index < -0.39 is 139 Å². The number of aliphatic hydroxyl groups is 12. The predicted octanol–water partition coefficient (Wildman–Crippen LogP) is -1.35. The van der Waals surface area contributed by atoms with Crippen molar-refractivity contribution in [3.05, 3.63) is 11.6 Å². The highest BCUT2D eigenvalue weighted by Gasteiger charge is 2.71. The number of hydrogen-bond donors (Lipinski definition) is 13. The van der Waals surface area contributed by atoms with Crippen molar-refractivity contribution < 1.29 is 99.6 Å². The standard InChI is InChI=1S/C48H78O20/c1-20-27(52)29(54)33(58)40(63-20)67-35-30(55)28(53)23(17-49)64-41(35)68-36-32(57)31(56)34(39(61)62)66-42(36)65-26-11-12-45(4)24(46(26,5)19-51)10-13-48(7)25(45)9-8-21-22-16-43(2,18-50)37(59)38(60)44(22,3)14-15-47(21,48)6/h8,20,22-38,40-42,49-60H,9-19H2,1-7H3,(H,61,62)/t20-,22-,23+,24+,25+,26-,27-,28-,29+,30-,31-,32-,33+,34-,35+,36+,37-,38+,40-,41-,42+,43+,44+,45-,46+,47+,48+/m0/s1. The number of rotatable bonds is 10. The summed E-state index contributed by atoms with van der Waals surface area (Å²) in [5.74, 6) is -1.69. The summed E-state index contributed by atoms with van der Waals surface area (Å²) in [6.45, 7) is 12.8. The van der Waals surface area contributed by atoms with Gasteiger partial charge in [0.05, 0.1) is 44.2 Å². The summed E-state index contributed by atoms with van der Waals surface area (Å²) in [6.07, 6.45) is -22.0. The molecule has 20 nitrogen and oxygen atoms in total. The average molecular weight is 975 g/mol. The summed E-state index contributed by atoms with van der Waals surface area (Å²) in [4.78, 5) is 12.5. The molecule has 5 aliphatic carbocycles. The van der Waals surface area contributed by atoms with Gasteiger partial charge in [-0.25, -0.2) is 4.79 Å². The van der Waals surface area contributed by atoms with Crippen LogP contribution < -0.4 is 0 Å². The normalized spacial score (nSPS) is 57.2. The van der Waals surface area contributed by atoms with E-state index in [1.807, 2.05) is 13.8 Å². The Labute approximate surface area is 396 Å². The third kappa shape index (κ3) is 7.81. The first-order valence-corrected chi connectivity index (χ1v) is 24.5. The van der Waals surface area contributed by atoms with Gasteiger partial charge in [-0.1, -0.05) is 53.2 Å². The maximum Gasteiger partial charge on any atom is 0.335 e. The summed E-state index contributed by atoms with van der Waals surface area (Å²) in [6, 6.07) is 0. The third-order valence-corrected chi connectivity index (χ3v) is 20.0. The van der Waals surface area contributed by atoms with E-state index in [1.165, 1.54) is 12.5 Å². The molecule has 0 radical (unpaired) electrons. The summed E-state index contributed by atoms with van der Waals surface area (Å²) in [5, 5.41) is 142. The van der Waals surface area contributed by atoms with Gasteiger partial charge >= 0.3 is 5.97 Å². The second-order valence-electron chi connectivity index (χ2n) is 23.4. The Balaban J connectivity index is 1.08. The third-order valence-electron chi connectivity index (χ3n) is 20.0. The fourth-order valence-electron chi connectivity index (χ4n) is 15.2. The van der Waals surface area contributed by atoms with E-state index >= 15 is 0 Å². The molecule has 0 aromatic heterocycles. The minimum atomic E-state index is -2.09. The number of carboxylic acid groups (broad SMARTS) is 1. The molecule has 3 aliphatic heterocycles. The molecular formula is C48H78O20. The summed E-state index contributed by atoms with van der Waals surface area (Å²) in [5.41, 5.74) is -2.01. The van der Waals surface area contributed by atoms with Crippen LogP contribution >= 0.6 is 0 Å². The molecule has 20 heteroatoms. The van der Waals surface area contributed by atoms with Crippen molar-refractivity contribution in [2.75, 3.05) is 19.8 Å². The van der Waals surface area contributed by atoms with Gasteiger partial charge in [-0.3, -0.25) is 0 Å². The molecule has 0 spiro atoms. The van der Waals surface area contributed by atoms with Crippen molar-refractivity contribution >= 4 is 5.97 Å². The SMILES string of the molecule is C[C@@H]1O[C@@H](O[C@H]2[C@H](O[C@H]3[C@H](O[C@H]4CC[C@@]5(C)[C@@H](CC[C@]6(C)[C@@H]5CC=C5[C@@H]7C[C@](C)(CO)[C@@H](O)[C@@H](O)[C@]7(C)CC[C@]56C)[C@@]4(C)CO)O[C@H](C(=O)O)[C@@H](O)[C@@H]3O)O[C@H](CO)[C@H](O)[C@@H]2O)[C@H](O)[C@H](O)[C@H]1O. The highest BCUT2D eigenvalue weighted by atomic mass is 16.8. The van der Waals surface area contributed by atoms with Gasteiger partial charge in [-0.05, 0) is 92.3 Å². The molecule has 27 atom stereocenters. The molecule has 8 aliphatic rings. The lowest BCUT2D eigenvalue weighted by Crippen LogP contribution is -2.69. The van der Waals surface area contributed by atoms with E-state index in [9.17, 15) is 71.2 Å². The van der Waals surface area contributed by atoms with E-state index in [-0.39, 0.29) is 47.2 Å². The Hall–Kier alpha value is -1.51. The first-order chi connectivity index (χ1) is 31.7. The highest BCUT2D eigenvalue weighted by molar-refractivity contribution is 5.73. The van der Waals surface area contributed by atoms with Crippen LogP contribution in [0.5, 0.6) is 0 Å². The lowest BCUT2D eigenvalue weighted by atomic mass is 9.33. The van der Waals surface area contributed by atoms with Crippen LogP contribution in [-0.4, -0.2) is 203 Å². The first-order valence-electron chi connectivity index (χ1n) is 24.5. The Morgan fingerprint density at radius 2 is 1.28 bits per heavy atom. The van der Waals surface area contributed by atoms with Crippen LogP contribution in [-0.2, 0) is 33.2 Å². The molecule has 68 heavy (non-hydrogen) atoms. The molecule has 3 heterocycles. The van der Waals surface area contributed by atoms with Crippen LogP contribution in [0.15, 0.2) is 11.6 Å². The van der Waals surface area contributed by atoms with Gasteiger partial charge in [0, 0.05) is 16.2 Å². The average Bonchev–Trinajstić information content (AvgIpc) is 3.30. The molecule has 3 saturated heterocycles. The number of carboxylic acids is 1. The molecule has 4 saturated carbocycles. The number of ether oxygens (including phenoxy) is 6. The van der Waals surface area contributed by atoms with Gasteiger partial charge in [0.15, 0.2) is 25.0 Å². The minimum Gasteiger partial charge on any atom is -0.479 e. The van der Waals surface area contributed by atoms with E-state index in [0.717, 1.165) is 19.3 Å². The highest BCUT2D eigenvalue weighted by Crippen LogP contribution is 2.76. The van der Waals surface area contributed by atoms with Crippen LogP contribution in [0.4, 0.5) is 0 Å². The number of carbonyl (C=O) groups is 1. The van der Waals surface area contributed by atoms with Crippen LogP contribution in [0.25, 0.3) is 0 Å². The molecule has 0 amide bonds. The number of fused-ring (bicyclic) bond motifs is 7. The maximum absolute atomic E-state index is 12.5. The number of aliphatic hydroxyl groups excluding tert-OH is 12. The molecule has 13 N–H and O–H groups in total. The van der Waals surface area contributed by atoms with Crippen LogP contribution in [0.2, 0.25) is 0 Å². The van der Waals surface area contributed by atoms with Gasteiger partial charge in [-0.15, -0.1) is 0 Å². The molecule has 0 bridgehead atoms. The second kappa shape index (κ2) is 18.5. The predicted molar refractivity (Wildman–Crippen MR) is 233 cm³/mol. The Kier molecular flexibility index (Phi) is 14.3. The Morgan fingerprint density at radius 3 is 1.90 bits per heavy atom. The van der Waals surface area contributed by atoms with Crippen molar-refractivity contribution in [2.24, 2.45) is 50.2 Å². The molecule has 0 aromatic rings. The Morgan fingerprint density at radius 1 is 0.647 bits per heavy atom. The smallest absolute Gasteiger partial charge is 0.335 e. The van der Waals surface area contributed by atoms with Gasteiger partial charge in [-0.2, -0.15) is 0 Å². The van der Waals surface area contributed by atoms with Gasteiger partial charge < -0.3 is 94.8 Å². The topological polar surface area (TPSA) is 335 Å². The summed E-state index contributed by atoms with van der Waals surface area (Å²) >= 11 is 0. The van der Waals surface area contributed by atoms with E-state index in [2.05, 4.69) is 33.8 Å². The fraction of sp³-hybridized carbons (Fsp3) is 0.938. The largest absolute Gasteiger partial charge is 0.479 e. The molecule has 0 unspecified atom stereocenters. The zero-order valence-electron chi connectivity index (χ0n) is 40.2. The van der Waals surface area contributed by atoms with Crippen LogP contribution in [0, 0.1) is 50.2 Å². The summed E-state index contributed by atoms with van der Waals surface area (Å²) in [7, 11) is 0. The molecule has 390 valence electrons. The fourth-order valence-corrected chi connectivity index (χ4v) is 15.2. The van der Waals surface area contributed by atoms with Gasteiger partial charge in [0.1, 0.15) is 61.0 Å². The maximum atomic E-state index is 12.5. The number of allylic oxidation sites excluding steroid dienone is 2. The first kappa shape index (κ1) is 52.8. The number of aliphatic carboxylic acids is 1. The van der Waals surface area contributed by atoms with E-state index in [4.69, 9.17) is 28.4 Å². The van der Waals surface area contributed by atoms with Crippen molar-refractivity contribution in [3.63, 3.8) is 0 Å². The minimum absolute atomic E-state index is 0.0531. The van der Waals surface area contributed by atoms with Crippen molar-refractivity contribution in [2.45, 2.75) is 210 Å². The lowest BCUT2D eigenvalue weighted by molar-refractivity contribution is -0.396. The van der Waals surface area contributed by atoms with E-state index in [0.29, 0.717) is 32.1 Å². The molecular weight excluding hydrogens is 897 g/mol.